The van der Waals surface area contributed by atoms with Crippen LogP contribution in [0.5, 0.6) is 5.75 Å². The van der Waals surface area contributed by atoms with Crippen molar-refractivity contribution in [1.82, 2.24) is 0 Å². The third-order valence-corrected chi connectivity index (χ3v) is 3.82. The van der Waals surface area contributed by atoms with Crippen LogP contribution in [0.2, 0.25) is 5.02 Å². The highest BCUT2D eigenvalue weighted by Gasteiger charge is 2.37. The van der Waals surface area contributed by atoms with Crippen LogP contribution in [0.15, 0.2) is 18.2 Å². The van der Waals surface area contributed by atoms with Crippen molar-refractivity contribution in [3.8, 4) is 11.8 Å². The van der Waals surface area contributed by atoms with Gasteiger partial charge in [0.05, 0.1) is 13.2 Å². The van der Waals surface area contributed by atoms with Gasteiger partial charge in [-0.25, -0.2) is 0 Å². The van der Waals surface area contributed by atoms with Gasteiger partial charge in [0.1, 0.15) is 17.8 Å². The van der Waals surface area contributed by atoms with Gasteiger partial charge in [0.2, 0.25) is 0 Å². The summed E-state index contributed by atoms with van der Waals surface area (Å²) in [5.41, 5.74) is 0.496. The summed E-state index contributed by atoms with van der Waals surface area (Å²) in [6.07, 6.45) is 0.310. The maximum absolute atomic E-state index is 12.5. The zero-order valence-electron chi connectivity index (χ0n) is 11.4. The Morgan fingerprint density at radius 3 is 2.90 bits per heavy atom. The molecule has 20 heavy (non-hydrogen) atoms. The van der Waals surface area contributed by atoms with Gasteiger partial charge in [-0.1, -0.05) is 18.5 Å². The highest BCUT2D eigenvalue weighted by molar-refractivity contribution is 6.30. The Hall–Kier alpha value is -1.57. The molecule has 1 saturated heterocycles. The summed E-state index contributed by atoms with van der Waals surface area (Å²) >= 11 is 5.96. The van der Waals surface area contributed by atoms with E-state index in [1.807, 2.05) is 13.0 Å². The molecule has 3 unspecified atom stereocenters. The number of ether oxygens (including phenoxy) is 2. The molecule has 0 spiro atoms. The number of nitrogens with zero attached hydrogens (tertiary/aromatic N) is 1. The number of hydrogen-bond acceptors (Lipinski definition) is 4. The van der Waals surface area contributed by atoms with Crippen LogP contribution in [0.25, 0.3) is 0 Å². The van der Waals surface area contributed by atoms with Gasteiger partial charge in [0, 0.05) is 17.2 Å². The zero-order chi connectivity index (χ0) is 14.7. The van der Waals surface area contributed by atoms with E-state index in [0.29, 0.717) is 22.9 Å². The number of ketones is 1. The number of benzene rings is 1. The number of hydrogen-bond donors (Lipinski definition) is 0. The first-order valence-electron chi connectivity index (χ1n) is 6.47. The van der Waals surface area contributed by atoms with Crippen LogP contribution in [0, 0.1) is 17.2 Å². The number of carbonyl (C=O) groups excluding carboxylic acids is 1. The second-order valence-corrected chi connectivity index (χ2v) is 5.34. The SMILES string of the molecule is COc1ccc(Cl)cc1C(C#N)C(=O)C1OCCC1C. The van der Waals surface area contributed by atoms with Crippen molar-refractivity contribution in [1.29, 1.82) is 5.26 Å². The van der Waals surface area contributed by atoms with Crippen LogP contribution in [-0.2, 0) is 9.53 Å². The molecule has 1 fully saturated rings. The third kappa shape index (κ3) is 2.79. The van der Waals surface area contributed by atoms with E-state index in [2.05, 4.69) is 0 Å². The Morgan fingerprint density at radius 2 is 2.35 bits per heavy atom. The summed E-state index contributed by atoms with van der Waals surface area (Å²) < 4.78 is 10.7. The first kappa shape index (κ1) is 14.8. The molecule has 106 valence electrons. The molecule has 0 aliphatic carbocycles. The van der Waals surface area contributed by atoms with Gasteiger partial charge >= 0.3 is 0 Å². The van der Waals surface area contributed by atoms with E-state index >= 15 is 0 Å². The van der Waals surface area contributed by atoms with Gasteiger partial charge in [-0.3, -0.25) is 4.79 Å². The number of methoxy groups -OCH3 is 1. The van der Waals surface area contributed by atoms with Gasteiger partial charge in [-0.15, -0.1) is 0 Å². The van der Waals surface area contributed by atoms with E-state index in [4.69, 9.17) is 21.1 Å². The molecule has 5 heteroatoms. The van der Waals surface area contributed by atoms with Crippen molar-refractivity contribution in [2.24, 2.45) is 5.92 Å². The molecule has 0 N–H and O–H groups in total. The first-order valence-corrected chi connectivity index (χ1v) is 6.84. The summed E-state index contributed by atoms with van der Waals surface area (Å²) in [6, 6.07) is 6.98. The molecular formula is C15H16ClNO3. The maximum Gasteiger partial charge on any atom is 0.183 e. The Kier molecular flexibility index (Phi) is 4.64. The fraction of sp³-hybridized carbons (Fsp3) is 0.467. The Balaban J connectivity index is 2.35. The van der Waals surface area contributed by atoms with Crippen molar-refractivity contribution in [3.05, 3.63) is 28.8 Å². The van der Waals surface area contributed by atoms with Crippen molar-refractivity contribution in [3.63, 3.8) is 0 Å². The molecule has 1 aromatic carbocycles. The van der Waals surface area contributed by atoms with E-state index < -0.39 is 12.0 Å². The Labute approximate surface area is 123 Å². The first-order chi connectivity index (χ1) is 9.58. The highest BCUT2D eigenvalue weighted by Crippen LogP contribution is 2.33. The summed E-state index contributed by atoms with van der Waals surface area (Å²) in [5.74, 6) is -0.532. The van der Waals surface area contributed by atoms with E-state index in [1.165, 1.54) is 7.11 Å². The summed E-state index contributed by atoms with van der Waals surface area (Å²) in [7, 11) is 1.50. The molecule has 0 saturated carbocycles. The quantitative estimate of drug-likeness (QED) is 0.856. The largest absolute Gasteiger partial charge is 0.496 e. The van der Waals surface area contributed by atoms with Crippen LogP contribution in [0.4, 0.5) is 0 Å². The predicted octanol–water partition coefficient (Wildman–Crippen LogP) is 2.95. The van der Waals surface area contributed by atoms with Gasteiger partial charge in [-0.05, 0) is 30.5 Å². The fourth-order valence-corrected chi connectivity index (χ4v) is 2.62. The van der Waals surface area contributed by atoms with Gasteiger partial charge < -0.3 is 9.47 Å². The van der Waals surface area contributed by atoms with Crippen LogP contribution >= 0.6 is 11.6 Å². The fourth-order valence-electron chi connectivity index (χ4n) is 2.44. The number of carbonyl (C=O) groups is 1. The van der Waals surface area contributed by atoms with Crippen LogP contribution in [0.1, 0.15) is 24.8 Å². The lowest BCUT2D eigenvalue weighted by Gasteiger charge is -2.18. The molecular weight excluding hydrogens is 278 g/mol. The van der Waals surface area contributed by atoms with E-state index in [0.717, 1.165) is 6.42 Å². The summed E-state index contributed by atoms with van der Waals surface area (Å²) in [5, 5.41) is 9.85. The minimum Gasteiger partial charge on any atom is -0.496 e. The molecule has 1 aromatic rings. The topological polar surface area (TPSA) is 59.3 Å². The van der Waals surface area contributed by atoms with E-state index in [-0.39, 0.29) is 11.7 Å². The summed E-state index contributed by atoms with van der Waals surface area (Å²) in [4.78, 5) is 12.5. The monoisotopic (exact) mass is 293 g/mol. The van der Waals surface area contributed by atoms with Gasteiger partial charge in [0.15, 0.2) is 5.78 Å². The van der Waals surface area contributed by atoms with Crippen LogP contribution in [-0.4, -0.2) is 25.6 Å². The minimum absolute atomic E-state index is 0.128. The molecule has 1 aliphatic heterocycles. The molecule has 0 aromatic heterocycles. The van der Waals surface area contributed by atoms with E-state index in [9.17, 15) is 10.1 Å². The van der Waals surface area contributed by atoms with Gasteiger partial charge in [-0.2, -0.15) is 5.26 Å². The molecule has 1 aliphatic rings. The normalized spacial score (nSPS) is 23.1. The minimum atomic E-state index is -0.922. The third-order valence-electron chi connectivity index (χ3n) is 3.58. The second-order valence-electron chi connectivity index (χ2n) is 4.91. The molecule has 0 amide bonds. The van der Waals surface area contributed by atoms with Crippen molar-refractivity contribution < 1.29 is 14.3 Å². The van der Waals surface area contributed by atoms with Crippen LogP contribution in [0.3, 0.4) is 0 Å². The lowest BCUT2D eigenvalue weighted by atomic mass is 9.88. The molecule has 0 radical (unpaired) electrons. The molecule has 0 bridgehead atoms. The smallest absolute Gasteiger partial charge is 0.183 e. The molecule has 4 nitrogen and oxygen atoms in total. The second kappa shape index (κ2) is 6.25. The standard InChI is InChI=1S/C15H16ClNO3/c1-9-5-6-20-15(9)14(18)12(8-17)11-7-10(16)3-4-13(11)19-2/h3-4,7,9,12,15H,5-6H2,1-2H3. The highest BCUT2D eigenvalue weighted by atomic mass is 35.5. The van der Waals surface area contributed by atoms with E-state index in [1.54, 1.807) is 18.2 Å². The van der Waals surface area contributed by atoms with Crippen molar-refractivity contribution in [2.45, 2.75) is 25.4 Å². The molecule has 3 atom stereocenters. The van der Waals surface area contributed by atoms with Gasteiger partial charge in [0.25, 0.3) is 0 Å². The zero-order valence-corrected chi connectivity index (χ0v) is 12.2. The van der Waals surface area contributed by atoms with Crippen LogP contribution < -0.4 is 4.74 Å². The maximum atomic E-state index is 12.5. The number of halogens is 1. The van der Waals surface area contributed by atoms with Crippen molar-refractivity contribution in [2.75, 3.05) is 13.7 Å². The Morgan fingerprint density at radius 1 is 1.60 bits per heavy atom. The lowest BCUT2D eigenvalue weighted by molar-refractivity contribution is -0.129. The Bertz CT molecular complexity index is 553. The number of rotatable bonds is 4. The molecule has 2 rings (SSSR count). The average Bonchev–Trinajstić information content (AvgIpc) is 2.86. The predicted molar refractivity (Wildman–Crippen MR) is 74.9 cm³/mol. The summed E-state index contributed by atoms with van der Waals surface area (Å²) in [6.45, 7) is 2.52. The number of nitriles is 1. The average molecular weight is 294 g/mol. The van der Waals surface area contributed by atoms with Crippen molar-refractivity contribution >= 4 is 17.4 Å². The molecule has 1 heterocycles. The lowest BCUT2D eigenvalue weighted by Crippen LogP contribution is -2.30. The number of Topliss-reactive ketones (excluding diaryl/α,β-unsaturated/α-hetero) is 1.